The topological polar surface area (TPSA) is 64.1 Å². The number of methoxy groups -OCH3 is 1. The van der Waals surface area contributed by atoms with Crippen LogP contribution in [0, 0.1) is 0 Å². The van der Waals surface area contributed by atoms with E-state index in [1.165, 1.54) is 0 Å². The van der Waals surface area contributed by atoms with Crippen LogP contribution in [0.4, 0.5) is 5.82 Å². The van der Waals surface area contributed by atoms with Crippen molar-refractivity contribution in [2.45, 2.75) is 12.8 Å². The van der Waals surface area contributed by atoms with Crippen LogP contribution in [0.5, 0.6) is 5.88 Å². The van der Waals surface area contributed by atoms with Gasteiger partial charge in [0.25, 0.3) is 0 Å². The van der Waals surface area contributed by atoms with E-state index in [9.17, 15) is 4.79 Å². The molecule has 1 aromatic rings. The Bertz CT molecular complexity index is 348. The molecule has 1 aromatic heterocycles. The largest absolute Gasteiger partial charge is 0.481 e. The molecule has 0 fully saturated rings. The van der Waals surface area contributed by atoms with Gasteiger partial charge in [-0.2, -0.15) is 4.98 Å². The number of carbonyl (C=O) groups excluding carboxylic acids is 1. The molecular formula is C9H11N3O2. The van der Waals surface area contributed by atoms with Crippen LogP contribution in [0.25, 0.3) is 0 Å². The highest BCUT2D eigenvalue weighted by Gasteiger charge is 2.17. The third-order valence-corrected chi connectivity index (χ3v) is 2.18. The van der Waals surface area contributed by atoms with Crippen molar-refractivity contribution in [1.82, 2.24) is 9.97 Å². The Labute approximate surface area is 81.5 Å². The SMILES string of the molecule is COc1nc(C=O)nc2c1CCCN2. The molecule has 74 valence electrons. The second kappa shape index (κ2) is 3.61. The molecule has 0 aliphatic carbocycles. The Morgan fingerprint density at radius 1 is 1.50 bits per heavy atom. The van der Waals surface area contributed by atoms with Gasteiger partial charge in [0.15, 0.2) is 12.1 Å². The molecule has 0 radical (unpaired) electrons. The lowest BCUT2D eigenvalue weighted by atomic mass is 10.1. The average Bonchev–Trinajstić information content (AvgIpc) is 2.27. The molecule has 2 rings (SSSR count). The van der Waals surface area contributed by atoms with Gasteiger partial charge in [0.05, 0.1) is 12.7 Å². The summed E-state index contributed by atoms with van der Waals surface area (Å²) in [6.45, 7) is 0.880. The van der Waals surface area contributed by atoms with Crippen LogP contribution in [-0.4, -0.2) is 29.9 Å². The zero-order valence-corrected chi connectivity index (χ0v) is 7.91. The van der Waals surface area contributed by atoms with E-state index in [1.807, 2.05) is 0 Å². The zero-order valence-electron chi connectivity index (χ0n) is 7.91. The quantitative estimate of drug-likeness (QED) is 0.699. The average molecular weight is 193 g/mol. The van der Waals surface area contributed by atoms with E-state index in [4.69, 9.17) is 4.74 Å². The second-order valence-corrected chi connectivity index (χ2v) is 3.07. The predicted molar refractivity (Wildman–Crippen MR) is 50.8 cm³/mol. The minimum Gasteiger partial charge on any atom is -0.481 e. The number of hydrogen-bond donors (Lipinski definition) is 1. The van der Waals surface area contributed by atoms with Crippen molar-refractivity contribution in [3.05, 3.63) is 11.4 Å². The Hall–Kier alpha value is -1.65. The van der Waals surface area contributed by atoms with Crippen LogP contribution in [0.2, 0.25) is 0 Å². The van der Waals surface area contributed by atoms with Gasteiger partial charge < -0.3 is 10.1 Å². The number of nitrogens with one attached hydrogen (secondary N) is 1. The van der Waals surface area contributed by atoms with Gasteiger partial charge in [-0.3, -0.25) is 4.79 Å². The summed E-state index contributed by atoms with van der Waals surface area (Å²) < 4.78 is 5.11. The van der Waals surface area contributed by atoms with Gasteiger partial charge in [-0.05, 0) is 12.8 Å². The fourth-order valence-corrected chi connectivity index (χ4v) is 1.54. The lowest BCUT2D eigenvalue weighted by Crippen LogP contribution is -2.16. The van der Waals surface area contributed by atoms with E-state index in [0.29, 0.717) is 12.2 Å². The van der Waals surface area contributed by atoms with Gasteiger partial charge in [0, 0.05) is 6.54 Å². The van der Waals surface area contributed by atoms with Gasteiger partial charge in [-0.25, -0.2) is 4.98 Å². The van der Waals surface area contributed by atoms with Gasteiger partial charge in [-0.15, -0.1) is 0 Å². The molecule has 0 saturated heterocycles. The molecule has 0 atom stereocenters. The number of rotatable bonds is 2. The minimum absolute atomic E-state index is 0.162. The minimum atomic E-state index is 0.162. The molecule has 1 N–H and O–H groups in total. The third-order valence-electron chi connectivity index (χ3n) is 2.18. The van der Waals surface area contributed by atoms with Crippen molar-refractivity contribution in [2.24, 2.45) is 0 Å². The number of aromatic nitrogens is 2. The molecule has 0 saturated carbocycles. The summed E-state index contributed by atoms with van der Waals surface area (Å²) in [6.07, 6.45) is 2.55. The smallest absolute Gasteiger partial charge is 0.222 e. The van der Waals surface area contributed by atoms with Gasteiger partial charge in [0.1, 0.15) is 5.82 Å². The molecule has 0 spiro atoms. The highest BCUT2D eigenvalue weighted by atomic mass is 16.5. The number of carbonyl (C=O) groups is 1. The fraction of sp³-hybridized carbons (Fsp3) is 0.444. The summed E-state index contributed by atoms with van der Waals surface area (Å²) in [5.41, 5.74) is 0.962. The summed E-state index contributed by atoms with van der Waals surface area (Å²) >= 11 is 0. The maximum Gasteiger partial charge on any atom is 0.222 e. The molecule has 1 aliphatic heterocycles. The molecule has 5 heteroatoms. The van der Waals surface area contributed by atoms with Crippen LogP contribution in [0.1, 0.15) is 22.6 Å². The highest BCUT2D eigenvalue weighted by molar-refractivity contribution is 5.71. The molecule has 14 heavy (non-hydrogen) atoms. The summed E-state index contributed by atoms with van der Waals surface area (Å²) in [7, 11) is 1.55. The van der Waals surface area contributed by atoms with E-state index in [2.05, 4.69) is 15.3 Å². The Morgan fingerprint density at radius 3 is 3.07 bits per heavy atom. The van der Waals surface area contributed by atoms with Gasteiger partial charge in [0.2, 0.25) is 5.88 Å². The maximum absolute atomic E-state index is 10.6. The molecule has 0 unspecified atom stereocenters. The first-order valence-electron chi connectivity index (χ1n) is 4.49. The number of anilines is 1. The lowest BCUT2D eigenvalue weighted by Gasteiger charge is -2.18. The lowest BCUT2D eigenvalue weighted by molar-refractivity contribution is 0.111. The summed E-state index contributed by atoms with van der Waals surface area (Å²) in [5, 5.41) is 3.12. The number of nitrogens with zero attached hydrogens (tertiary/aromatic N) is 2. The first-order chi connectivity index (χ1) is 6.85. The van der Waals surface area contributed by atoms with E-state index in [1.54, 1.807) is 7.11 Å². The summed E-state index contributed by atoms with van der Waals surface area (Å²) in [4.78, 5) is 18.6. The van der Waals surface area contributed by atoms with Gasteiger partial charge >= 0.3 is 0 Å². The molecule has 5 nitrogen and oxygen atoms in total. The van der Waals surface area contributed by atoms with Crippen LogP contribution < -0.4 is 10.1 Å². The third kappa shape index (κ3) is 1.41. The van der Waals surface area contributed by atoms with E-state index in [-0.39, 0.29) is 5.82 Å². The molecule has 2 heterocycles. The number of aldehydes is 1. The van der Waals surface area contributed by atoms with Crippen molar-refractivity contribution >= 4 is 12.1 Å². The Kier molecular flexibility index (Phi) is 2.30. The van der Waals surface area contributed by atoms with E-state index in [0.717, 1.165) is 30.8 Å². The normalized spacial score (nSPS) is 14.1. The monoisotopic (exact) mass is 193 g/mol. The molecule has 0 amide bonds. The molecule has 0 aromatic carbocycles. The molecule has 1 aliphatic rings. The first kappa shape index (κ1) is 8.93. The number of ether oxygens (including phenoxy) is 1. The number of fused-ring (bicyclic) bond motifs is 1. The summed E-state index contributed by atoms with van der Waals surface area (Å²) in [5.74, 6) is 1.39. The number of hydrogen-bond acceptors (Lipinski definition) is 5. The highest BCUT2D eigenvalue weighted by Crippen LogP contribution is 2.26. The van der Waals surface area contributed by atoms with Gasteiger partial charge in [-0.1, -0.05) is 0 Å². The predicted octanol–water partition coefficient (Wildman–Crippen LogP) is 0.656. The van der Waals surface area contributed by atoms with Crippen molar-refractivity contribution in [3.63, 3.8) is 0 Å². The van der Waals surface area contributed by atoms with E-state index < -0.39 is 0 Å². The van der Waals surface area contributed by atoms with Crippen LogP contribution in [0.15, 0.2) is 0 Å². The van der Waals surface area contributed by atoms with E-state index >= 15 is 0 Å². The van der Waals surface area contributed by atoms with Crippen molar-refractivity contribution in [3.8, 4) is 5.88 Å². The fourth-order valence-electron chi connectivity index (χ4n) is 1.54. The van der Waals surface area contributed by atoms with Crippen molar-refractivity contribution in [1.29, 1.82) is 0 Å². The molecule has 0 bridgehead atoms. The van der Waals surface area contributed by atoms with Crippen LogP contribution >= 0.6 is 0 Å². The Morgan fingerprint density at radius 2 is 2.36 bits per heavy atom. The Balaban J connectivity index is 2.52. The van der Waals surface area contributed by atoms with Crippen molar-refractivity contribution in [2.75, 3.05) is 19.0 Å². The molecular weight excluding hydrogens is 182 g/mol. The summed E-state index contributed by atoms with van der Waals surface area (Å²) in [6, 6.07) is 0. The van der Waals surface area contributed by atoms with Crippen LogP contribution in [0.3, 0.4) is 0 Å². The van der Waals surface area contributed by atoms with Crippen molar-refractivity contribution < 1.29 is 9.53 Å². The first-order valence-corrected chi connectivity index (χ1v) is 4.49. The standard InChI is InChI=1S/C9H11N3O2/c1-14-9-6-3-2-4-10-8(6)11-7(5-13)12-9/h5H,2-4H2,1H3,(H,10,11,12). The maximum atomic E-state index is 10.6. The second-order valence-electron chi connectivity index (χ2n) is 3.07. The van der Waals surface area contributed by atoms with Crippen LogP contribution in [-0.2, 0) is 6.42 Å². The zero-order chi connectivity index (χ0) is 9.97.